The van der Waals surface area contributed by atoms with E-state index >= 15 is 0 Å². The van der Waals surface area contributed by atoms with Gasteiger partial charge in [0.05, 0.1) is 5.56 Å². The maximum atomic E-state index is 12.3. The average molecular weight is 257 g/mol. The van der Waals surface area contributed by atoms with Gasteiger partial charge in [0, 0.05) is 12.1 Å². The molecule has 0 aliphatic heterocycles. The van der Waals surface area contributed by atoms with Crippen LogP contribution in [0.1, 0.15) is 31.2 Å². The summed E-state index contributed by atoms with van der Waals surface area (Å²) < 4.78 is 42.0. The van der Waals surface area contributed by atoms with Crippen LogP contribution >= 0.6 is 0 Å². The van der Waals surface area contributed by atoms with Crippen molar-refractivity contribution >= 4 is 0 Å². The van der Waals surface area contributed by atoms with Crippen LogP contribution in [0.3, 0.4) is 0 Å². The molecule has 96 valence electrons. The Labute approximate surface area is 101 Å². The van der Waals surface area contributed by atoms with Crippen molar-refractivity contribution in [1.82, 2.24) is 15.1 Å². The summed E-state index contributed by atoms with van der Waals surface area (Å²) in [6.45, 7) is 3.74. The van der Waals surface area contributed by atoms with Crippen LogP contribution in [0.25, 0.3) is 11.5 Å². The van der Waals surface area contributed by atoms with E-state index < -0.39 is 11.7 Å². The molecule has 2 aromatic heterocycles. The van der Waals surface area contributed by atoms with Crippen LogP contribution in [-0.2, 0) is 6.18 Å². The Morgan fingerprint density at radius 1 is 1.22 bits per heavy atom. The van der Waals surface area contributed by atoms with E-state index in [0.717, 1.165) is 12.3 Å². The molecule has 0 spiro atoms. The lowest BCUT2D eigenvalue weighted by Crippen LogP contribution is -2.05. The highest BCUT2D eigenvalue weighted by Crippen LogP contribution is 2.29. The van der Waals surface area contributed by atoms with Crippen LogP contribution in [0.5, 0.6) is 0 Å². The van der Waals surface area contributed by atoms with Gasteiger partial charge in [-0.05, 0) is 12.1 Å². The molecule has 2 heterocycles. The van der Waals surface area contributed by atoms with E-state index in [9.17, 15) is 13.2 Å². The van der Waals surface area contributed by atoms with Gasteiger partial charge in [-0.25, -0.2) is 0 Å². The van der Waals surface area contributed by atoms with Gasteiger partial charge < -0.3 is 4.52 Å². The number of nitrogens with zero attached hydrogens (tertiary/aromatic N) is 3. The summed E-state index contributed by atoms with van der Waals surface area (Å²) in [5.74, 6) is 0.667. The summed E-state index contributed by atoms with van der Waals surface area (Å²) in [6.07, 6.45) is -3.65. The Kier molecular flexibility index (Phi) is 3.06. The Bertz CT molecular complexity index is 531. The van der Waals surface area contributed by atoms with Crippen molar-refractivity contribution in [2.24, 2.45) is 0 Å². The van der Waals surface area contributed by atoms with Crippen LogP contribution < -0.4 is 0 Å². The normalized spacial score (nSPS) is 12.1. The van der Waals surface area contributed by atoms with E-state index in [-0.39, 0.29) is 17.4 Å². The van der Waals surface area contributed by atoms with Crippen LogP contribution in [-0.4, -0.2) is 15.1 Å². The highest BCUT2D eigenvalue weighted by molar-refractivity contribution is 5.48. The van der Waals surface area contributed by atoms with E-state index in [1.807, 2.05) is 13.8 Å². The number of pyridine rings is 1. The predicted octanol–water partition coefficient (Wildman–Crippen LogP) is 3.27. The molecule has 0 saturated heterocycles. The quantitative estimate of drug-likeness (QED) is 0.828. The van der Waals surface area contributed by atoms with E-state index in [4.69, 9.17) is 4.52 Å². The number of hydrogen-bond donors (Lipinski definition) is 0. The molecule has 18 heavy (non-hydrogen) atoms. The maximum absolute atomic E-state index is 12.3. The molecule has 0 fully saturated rings. The van der Waals surface area contributed by atoms with E-state index in [2.05, 4.69) is 15.1 Å². The molecule has 7 heteroatoms. The van der Waals surface area contributed by atoms with Gasteiger partial charge in [0.25, 0.3) is 0 Å². The first-order valence-corrected chi connectivity index (χ1v) is 5.25. The van der Waals surface area contributed by atoms with Gasteiger partial charge >= 0.3 is 6.18 Å². The van der Waals surface area contributed by atoms with Crippen molar-refractivity contribution < 1.29 is 17.7 Å². The summed E-state index contributed by atoms with van der Waals surface area (Å²) in [7, 11) is 0. The molecule has 0 unspecified atom stereocenters. The minimum absolute atomic E-state index is 0.0562. The fraction of sp³-hybridized carbons (Fsp3) is 0.364. The SMILES string of the molecule is CC(C)c1nc(-c2ccc(C(F)(F)F)cn2)no1. The number of rotatable bonds is 2. The first-order chi connectivity index (χ1) is 8.38. The monoisotopic (exact) mass is 257 g/mol. The van der Waals surface area contributed by atoms with Gasteiger partial charge in [0.15, 0.2) is 0 Å². The van der Waals surface area contributed by atoms with Crippen molar-refractivity contribution in [2.45, 2.75) is 25.9 Å². The van der Waals surface area contributed by atoms with Gasteiger partial charge in [-0.3, -0.25) is 4.98 Å². The maximum Gasteiger partial charge on any atom is 0.417 e. The minimum Gasteiger partial charge on any atom is -0.339 e. The summed E-state index contributed by atoms with van der Waals surface area (Å²) in [4.78, 5) is 7.73. The molecule has 0 aliphatic carbocycles. The molecule has 0 saturated carbocycles. The zero-order valence-corrected chi connectivity index (χ0v) is 9.69. The highest BCUT2D eigenvalue weighted by atomic mass is 19.4. The summed E-state index contributed by atoms with van der Waals surface area (Å²) in [5.41, 5.74) is -0.558. The van der Waals surface area contributed by atoms with E-state index in [1.165, 1.54) is 6.07 Å². The third-order valence-electron chi connectivity index (χ3n) is 2.26. The molecule has 0 bridgehead atoms. The second-order valence-corrected chi connectivity index (χ2v) is 4.04. The van der Waals surface area contributed by atoms with Gasteiger partial charge in [-0.15, -0.1) is 0 Å². The molecule has 0 amide bonds. The van der Waals surface area contributed by atoms with Crippen LogP contribution in [0.2, 0.25) is 0 Å². The largest absolute Gasteiger partial charge is 0.417 e. The van der Waals surface area contributed by atoms with Crippen molar-refractivity contribution in [1.29, 1.82) is 0 Å². The van der Waals surface area contributed by atoms with Gasteiger partial charge in [0.2, 0.25) is 11.7 Å². The molecule has 0 aliphatic rings. The van der Waals surface area contributed by atoms with Crippen molar-refractivity contribution in [3.8, 4) is 11.5 Å². The molecule has 0 radical (unpaired) electrons. The Hall–Kier alpha value is -1.92. The van der Waals surface area contributed by atoms with E-state index in [1.54, 1.807) is 0 Å². The van der Waals surface area contributed by atoms with Gasteiger partial charge in [0.1, 0.15) is 5.69 Å². The lowest BCUT2D eigenvalue weighted by molar-refractivity contribution is -0.137. The van der Waals surface area contributed by atoms with Crippen molar-refractivity contribution in [3.05, 3.63) is 29.8 Å². The molecule has 4 nitrogen and oxygen atoms in total. The average Bonchev–Trinajstić information content (AvgIpc) is 2.77. The zero-order valence-electron chi connectivity index (χ0n) is 9.69. The number of aromatic nitrogens is 3. The van der Waals surface area contributed by atoms with Gasteiger partial charge in [-0.1, -0.05) is 19.0 Å². The lowest BCUT2D eigenvalue weighted by atomic mass is 10.2. The smallest absolute Gasteiger partial charge is 0.339 e. The lowest BCUT2D eigenvalue weighted by Gasteiger charge is -2.05. The summed E-state index contributed by atoms with van der Waals surface area (Å²) >= 11 is 0. The van der Waals surface area contributed by atoms with Crippen LogP contribution in [0.4, 0.5) is 13.2 Å². The first-order valence-electron chi connectivity index (χ1n) is 5.25. The number of alkyl halides is 3. The molecule has 0 N–H and O–H groups in total. The number of halogens is 3. The highest BCUT2D eigenvalue weighted by Gasteiger charge is 2.30. The third kappa shape index (κ3) is 2.49. The second kappa shape index (κ2) is 4.40. The molecule has 2 rings (SSSR count). The minimum atomic E-state index is -4.40. The first kappa shape index (κ1) is 12.5. The molecular formula is C11H10F3N3O. The zero-order chi connectivity index (χ0) is 13.3. The number of hydrogen-bond acceptors (Lipinski definition) is 4. The van der Waals surface area contributed by atoms with E-state index in [0.29, 0.717) is 5.89 Å². The Morgan fingerprint density at radius 2 is 1.94 bits per heavy atom. The molecular weight excluding hydrogens is 247 g/mol. The van der Waals surface area contributed by atoms with Crippen LogP contribution in [0, 0.1) is 0 Å². The Balaban J connectivity index is 2.29. The summed E-state index contributed by atoms with van der Waals surface area (Å²) in [5, 5.41) is 3.67. The topological polar surface area (TPSA) is 51.8 Å². The third-order valence-corrected chi connectivity index (χ3v) is 2.26. The van der Waals surface area contributed by atoms with Gasteiger partial charge in [-0.2, -0.15) is 18.2 Å². The Morgan fingerprint density at radius 3 is 2.39 bits per heavy atom. The second-order valence-electron chi connectivity index (χ2n) is 4.04. The summed E-state index contributed by atoms with van der Waals surface area (Å²) in [6, 6.07) is 2.16. The molecule has 0 atom stereocenters. The fourth-order valence-corrected chi connectivity index (χ4v) is 1.27. The predicted molar refractivity (Wildman–Crippen MR) is 56.6 cm³/mol. The standard InChI is InChI=1S/C11H10F3N3O/c1-6(2)10-16-9(17-18-10)8-4-3-7(5-15-8)11(12,13)14/h3-6H,1-2H3. The molecule has 0 aromatic carbocycles. The van der Waals surface area contributed by atoms with Crippen LogP contribution in [0.15, 0.2) is 22.9 Å². The molecule has 2 aromatic rings. The van der Waals surface area contributed by atoms with Crippen molar-refractivity contribution in [2.75, 3.05) is 0 Å². The fourth-order valence-electron chi connectivity index (χ4n) is 1.27. The van der Waals surface area contributed by atoms with Crippen molar-refractivity contribution in [3.63, 3.8) is 0 Å².